The van der Waals surface area contributed by atoms with Gasteiger partial charge in [0.15, 0.2) is 0 Å². The Hall–Kier alpha value is -0.950. The summed E-state index contributed by atoms with van der Waals surface area (Å²) < 4.78 is 31.1. The minimum Gasteiger partial charge on any atom is -0.384 e. The van der Waals surface area contributed by atoms with Crippen LogP contribution in [-0.2, 0) is 21.3 Å². The Bertz CT molecular complexity index is 577. The van der Waals surface area contributed by atoms with Crippen molar-refractivity contribution in [3.8, 4) is 0 Å². The minimum absolute atomic E-state index is 0.0542. The van der Waals surface area contributed by atoms with Crippen molar-refractivity contribution in [3.05, 3.63) is 35.9 Å². The highest BCUT2D eigenvalue weighted by molar-refractivity contribution is 7.89. The van der Waals surface area contributed by atoms with Gasteiger partial charge in [-0.2, -0.15) is 0 Å². The highest BCUT2D eigenvalue weighted by atomic mass is 32.2. The first-order valence-corrected chi connectivity index (χ1v) is 9.77. The van der Waals surface area contributed by atoms with Crippen LogP contribution in [0, 0.1) is 0 Å². The van der Waals surface area contributed by atoms with E-state index in [9.17, 15) is 8.42 Å². The molecule has 5 nitrogen and oxygen atoms in total. The third kappa shape index (κ3) is 5.01. The lowest BCUT2D eigenvalue weighted by molar-refractivity contribution is 0.108. The van der Waals surface area contributed by atoms with Crippen LogP contribution >= 0.6 is 0 Å². The van der Waals surface area contributed by atoms with Gasteiger partial charge in [0.05, 0.1) is 12.4 Å². The Kier molecular flexibility index (Phi) is 6.59. The van der Waals surface area contributed by atoms with Gasteiger partial charge < -0.3 is 4.74 Å². The van der Waals surface area contributed by atoms with E-state index in [0.717, 1.165) is 25.9 Å². The van der Waals surface area contributed by atoms with Crippen LogP contribution in [0.25, 0.3) is 0 Å². The third-order valence-corrected chi connectivity index (χ3v) is 6.57. The van der Waals surface area contributed by atoms with Gasteiger partial charge in [0.1, 0.15) is 0 Å². The summed E-state index contributed by atoms with van der Waals surface area (Å²) in [7, 11) is -0.000985. The topological polar surface area (TPSA) is 49.9 Å². The van der Waals surface area contributed by atoms with Crippen LogP contribution in [0.3, 0.4) is 0 Å². The summed E-state index contributed by atoms with van der Waals surface area (Å²) in [5.74, 6) is 0.0542. The molecule has 2 rings (SSSR count). The number of rotatable bonds is 7. The van der Waals surface area contributed by atoms with Gasteiger partial charge in [-0.05, 0) is 25.3 Å². The van der Waals surface area contributed by atoms with Crippen LogP contribution in [0.15, 0.2) is 30.3 Å². The first kappa shape index (κ1) is 18.4. The average molecular weight is 340 g/mol. The summed E-state index contributed by atoms with van der Waals surface area (Å²) in [6.07, 6.45) is 1.75. The number of likely N-dealkylation sites (tertiary alicyclic amines) is 1. The molecule has 1 aliphatic rings. The van der Waals surface area contributed by atoms with E-state index in [1.54, 1.807) is 11.4 Å². The van der Waals surface area contributed by atoms with Gasteiger partial charge in [-0.25, -0.2) is 12.7 Å². The van der Waals surface area contributed by atoms with Gasteiger partial charge >= 0.3 is 0 Å². The number of benzene rings is 1. The Labute approximate surface area is 140 Å². The molecule has 23 heavy (non-hydrogen) atoms. The van der Waals surface area contributed by atoms with Crippen LogP contribution in [0.5, 0.6) is 0 Å². The van der Waals surface area contributed by atoms with E-state index in [2.05, 4.69) is 36.1 Å². The minimum atomic E-state index is -3.23. The van der Waals surface area contributed by atoms with Crippen LogP contribution in [0.1, 0.15) is 25.3 Å². The number of hydrogen-bond donors (Lipinski definition) is 0. The van der Waals surface area contributed by atoms with E-state index in [1.165, 1.54) is 12.7 Å². The standard InChI is InChI=1S/C17H28N2O3S/c1-15-13-17(18(2)23(20,21)12-11-22-3)9-10-19(15)14-16-7-5-4-6-8-16/h4-8,15,17H,9-14H2,1-3H3/t15-,17+/m0/s1. The Morgan fingerprint density at radius 1 is 1.30 bits per heavy atom. The molecule has 0 amide bonds. The molecule has 0 radical (unpaired) electrons. The van der Waals surface area contributed by atoms with Gasteiger partial charge in [0, 0.05) is 39.3 Å². The highest BCUT2D eigenvalue weighted by Crippen LogP contribution is 2.24. The van der Waals surface area contributed by atoms with Gasteiger partial charge in [-0.3, -0.25) is 4.90 Å². The molecule has 1 heterocycles. The lowest BCUT2D eigenvalue weighted by Gasteiger charge is -2.40. The predicted molar refractivity (Wildman–Crippen MR) is 92.8 cm³/mol. The number of sulfonamides is 1. The molecular formula is C17H28N2O3S. The first-order chi connectivity index (χ1) is 10.9. The molecule has 130 valence electrons. The SMILES string of the molecule is COCCS(=O)(=O)N(C)[C@@H]1CCN(Cc2ccccc2)[C@@H](C)C1. The summed E-state index contributed by atoms with van der Waals surface area (Å²) in [4.78, 5) is 2.43. The summed E-state index contributed by atoms with van der Waals surface area (Å²) >= 11 is 0. The molecular weight excluding hydrogens is 312 g/mol. The molecule has 0 N–H and O–H groups in total. The Morgan fingerprint density at radius 2 is 2.00 bits per heavy atom. The predicted octanol–water partition coefficient (Wildman–Crippen LogP) is 1.95. The van der Waals surface area contributed by atoms with E-state index < -0.39 is 10.0 Å². The van der Waals surface area contributed by atoms with Crippen LogP contribution in [0.2, 0.25) is 0 Å². The van der Waals surface area contributed by atoms with Crippen molar-refractivity contribution in [1.82, 2.24) is 9.21 Å². The summed E-state index contributed by atoms with van der Waals surface area (Å²) in [6, 6.07) is 10.9. The first-order valence-electron chi connectivity index (χ1n) is 8.16. The van der Waals surface area contributed by atoms with Crippen molar-refractivity contribution in [3.63, 3.8) is 0 Å². The second-order valence-electron chi connectivity index (χ2n) is 6.31. The van der Waals surface area contributed by atoms with Crippen LogP contribution < -0.4 is 0 Å². The van der Waals surface area contributed by atoms with Crippen molar-refractivity contribution in [2.75, 3.05) is 33.1 Å². The molecule has 0 aromatic heterocycles. The molecule has 0 unspecified atom stereocenters. The number of nitrogens with zero attached hydrogens (tertiary/aromatic N) is 2. The van der Waals surface area contributed by atoms with E-state index in [4.69, 9.17) is 4.74 Å². The normalized spacial score (nSPS) is 23.3. The molecule has 1 aliphatic heterocycles. The van der Waals surface area contributed by atoms with Gasteiger partial charge in [0.2, 0.25) is 10.0 Å². The van der Waals surface area contributed by atoms with Gasteiger partial charge in [-0.1, -0.05) is 30.3 Å². The van der Waals surface area contributed by atoms with E-state index in [0.29, 0.717) is 6.04 Å². The van der Waals surface area contributed by atoms with Crippen molar-refractivity contribution in [1.29, 1.82) is 0 Å². The maximum atomic E-state index is 12.3. The highest BCUT2D eigenvalue weighted by Gasteiger charge is 2.32. The zero-order valence-corrected chi connectivity index (χ0v) is 15.1. The quantitative estimate of drug-likeness (QED) is 0.761. The molecule has 1 saturated heterocycles. The van der Waals surface area contributed by atoms with Gasteiger partial charge in [-0.15, -0.1) is 0 Å². The molecule has 0 aliphatic carbocycles. The van der Waals surface area contributed by atoms with E-state index in [1.807, 2.05) is 6.07 Å². The number of hydrogen-bond acceptors (Lipinski definition) is 4. The monoisotopic (exact) mass is 340 g/mol. The number of piperidine rings is 1. The van der Waals surface area contributed by atoms with Crippen molar-refractivity contribution < 1.29 is 13.2 Å². The summed E-state index contributed by atoms with van der Waals surface area (Å²) in [5, 5.41) is 0. The van der Waals surface area contributed by atoms with Crippen molar-refractivity contribution in [2.45, 2.75) is 38.4 Å². The zero-order valence-electron chi connectivity index (χ0n) is 14.3. The zero-order chi connectivity index (χ0) is 16.9. The maximum absolute atomic E-state index is 12.3. The average Bonchev–Trinajstić information content (AvgIpc) is 2.55. The Morgan fingerprint density at radius 3 is 2.61 bits per heavy atom. The maximum Gasteiger partial charge on any atom is 0.216 e. The molecule has 2 atom stereocenters. The smallest absolute Gasteiger partial charge is 0.216 e. The third-order valence-electron chi connectivity index (χ3n) is 4.71. The molecule has 0 bridgehead atoms. The van der Waals surface area contributed by atoms with Gasteiger partial charge in [0.25, 0.3) is 0 Å². The molecule has 6 heteroatoms. The van der Waals surface area contributed by atoms with Crippen molar-refractivity contribution in [2.24, 2.45) is 0 Å². The molecule has 1 aromatic carbocycles. The number of methoxy groups -OCH3 is 1. The molecule has 1 fully saturated rings. The largest absolute Gasteiger partial charge is 0.384 e. The fourth-order valence-corrected chi connectivity index (χ4v) is 4.45. The van der Waals surface area contributed by atoms with E-state index >= 15 is 0 Å². The van der Waals surface area contributed by atoms with Crippen molar-refractivity contribution >= 4 is 10.0 Å². The fraction of sp³-hybridized carbons (Fsp3) is 0.647. The summed E-state index contributed by atoms with van der Waals surface area (Å²) in [6.45, 7) is 4.28. The lowest BCUT2D eigenvalue weighted by atomic mass is 9.98. The van der Waals surface area contributed by atoms with Crippen LogP contribution in [-0.4, -0.2) is 62.8 Å². The molecule has 0 spiro atoms. The Balaban J connectivity index is 1.93. The van der Waals surface area contributed by atoms with E-state index in [-0.39, 0.29) is 18.4 Å². The second-order valence-corrected chi connectivity index (χ2v) is 8.46. The molecule has 0 saturated carbocycles. The van der Waals surface area contributed by atoms with Crippen LogP contribution in [0.4, 0.5) is 0 Å². The number of ether oxygens (including phenoxy) is 1. The lowest BCUT2D eigenvalue weighted by Crippen LogP contribution is -2.49. The fourth-order valence-electron chi connectivity index (χ4n) is 3.14. The summed E-state index contributed by atoms with van der Waals surface area (Å²) in [5.41, 5.74) is 1.30. The molecule has 1 aromatic rings. The second kappa shape index (κ2) is 8.24.